The van der Waals surface area contributed by atoms with E-state index < -0.39 is 0 Å². The second-order valence-electron chi connectivity index (χ2n) is 7.25. The van der Waals surface area contributed by atoms with Gasteiger partial charge < -0.3 is 10.0 Å². The monoisotopic (exact) mass is 324 g/mol. The smallest absolute Gasteiger partial charge is 0.227 e. The first-order valence-corrected chi connectivity index (χ1v) is 8.81. The number of hydrogen-bond acceptors (Lipinski definition) is 4. The molecule has 2 rings (SSSR count). The van der Waals surface area contributed by atoms with Crippen LogP contribution in [0.15, 0.2) is 12.1 Å². The first kappa shape index (κ1) is 17.4. The Kier molecular flexibility index (Phi) is 5.64. The van der Waals surface area contributed by atoms with Gasteiger partial charge in [-0.15, -0.1) is 11.3 Å². The summed E-state index contributed by atoms with van der Waals surface area (Å²) in [4.78, 5) is 18.9. The molecule has 1 fully saturated rings. The molecule has 0 saturated carbocycles. The van der Waals surface area contributed by atoms with Crippen LogP contribution < -0.4 is 0 Å². The van der Waals surface area contributed by atoms with Gasteiger partial charge in [0.25, 0.3) is 0 Å². The topological polar surface area (TPSA) is 43.8 Å². The molecule has 0 radical (unpaired) electrons. The Morgan fingerprint density at radius 1 is 1.27 bits per heavy atom. The van der Waals surface area contributed by atoms with Gasteiger partial charge in [-0.05, 0) is 24.5 Å². The zero-order chi connectivity index (χ0) is 16.3. The van der Waals surface area contributed by atoms with Crippen molar-refractivity contribution in [2.24, 2.45) is 5.41 Å². The van der Waals surface area contributed by atoms with E-state index in [0.717, 1.165) is 31.1 Å². The lowest BCUT2D eigenvalue weighted by Gasteiger charge is -2.38. The predicted octanol–water partition coefficient (Wildman–Crippen LogP) is 2.15. The third-order valence-electron chi connectivity index (χ3n) is 4.28. The Labute approximate surface area is 137 Å². The van der Waals surface area contributed by atoms with Gasteiger partial charge in [-0.3, -0.25) is 9.69 Å². The molecule has 1 atom stereocenters. The molecule has 4 nitrogen and oxygen atoms in total. The normalized spacial score (nSPS) is 18.5. The summed E-state index contributed by atoms with van der Waals surface area (Å²) in [5.41, 5.74) is -0.0933. The van der Waals surface area contributed by atoms with Gasteiger partial charge in [-0.25, -0.2) is 0 Å². The van der Waals surface area contributed by atoms with Crippen LogP contribution in [0.25, 0.3) is 0 Å². The van der Waals surface area contributed by atoms with Crippen LogP contribution in [-0.4, -0.2) is 59.6 Å². The molecule has 0 unspecified atom stereocenters. The van der Waals surface area contributed by atoms with Crippen LogP contribution >= 0.6 is 11.3 Å². The van der Waals surface area contributed by atoms with Crippen molar-refractivity contribution in [2.75, 3.05) is 32.7 Å². The average molecular weight is 324 g/mol. The van der Waals surface area contributed by atoms with Crippen LogP contribution in [0.4, 0.5) is 0 Å². The molecule has 0 aliphatic carbocycles. The maximum absolute atomic E-state index is 12.3. The summed E-state index contributed by atoms with van der Waals surface area (Å²) in [5.74, 6) is 0.220. The van der Waals surface area contributed by atoms with Crippen LogP contribution in [0.1, 0.15) is 30.5 Å². The fourth-order valence-electron chi connectivity index (χ4n) is 2.54. The van der Waals surface area contributed by atoms with E-state index in [9.17, 15) is 9.90 Å². The van der Waals surface area contributed by atoms with Crippen LogP contribution in [0, 0.1) is 12.3 Å². The summed E-state index contributed by atoms with van der Waals surface area (Å²) in [6, 6.07) is 4.12. The largest absolute Gasteiger partial charge is 0.391 e. The molecular formula is C17H28N2O2S. The number of hydrogen-bond donors (Lipinski definition) is 1. The Balaban J connectivity index is 1.78. The van der Waals surface area contributed by atoms with Crippen molar-refractivity contribution in [3.05, 3.63) is 21.9 Å². The molecule has 1 amide bonds. The molecule has 0 bridgehead atoms. The molecule has 0 spiro atoms. The van der Waals surface area contributed by atoms with Gasteiger partial charge in [0.15, 0.2) is 0 Å². The number of nitrogens with zero attached hydrogens (tertiary/aromatic N) is 2. The van der Waals surface area contributed by atoms with Crippen LogP contribution in [0.5, 0.6) is 0 Å². The van der Waals surface area contributed by atoms with Crippen molar-refractivity contribution < 1.29 is 9.90 Å². The number of thiophene rings is 1. The molecule has 2 heterocycles. The van der Waals surface area contributed by atoms with Crippen molar-refractivity contribution in [1.82, 2.24) is 9.80 Å². The number of aliphatic hydroxyl groups is 1. The summed E-state index contributed by atoms with van der Waals surface area (Å²) in [7, 11) is 0. The van der Waals surface area contributed by atoms with E-state index in [-0.39, 0.29) is 17.4 Å². The summed E-state index contributed by atoms with van der Waals surface area (Å²) >= 11 is 1.70. The van der Waals surface area contributed by atoms with E-state index in [1.807, 2.05) is 11.0 Å². The summed E-state index contributed by atoms with van der Waals surface area (Å²) < 4.78 is 0. The van der Waals surface area contributed by atoms with Crippen molar-refractivity contribution in [3.8, 4) is 0 Å². The molecular weight excluding hydrogens is 296 g/mol. The fraction of sp³-hybridized carbons (Fsp3) is 0.706. The molecule has 1 aliphatic rings. The van der Waals surface area contributed by atoms with Crippen LogP contribution in [-0.2, 0) is 11.2 Å². The van der Waals surface area contributed by atoms with Gasteiger partial charge in [0.1, 0.15) is 0 Å². The maximum Gasteiger partial charge on any atom is 0.227 e. The van der Waals surface area contributed by atoms with E-state index in [2.05, 4.69) is 38.7 Å². The quantitative estimate of drug-likeness (QED) is 0.923. The lowest BCUT2D eigenvalue weighted by molar-refractivity contribution is -0.132. The minimum Gasteiger partial charge on any atom is -0.391 e. The van der Waals surface area contributed by atoms with E-state index in [1.165, 1.54) is 4.88 Å². The van der Waals surface area contributed by atoms with Gasteiger partial charge >= 0.3 is 0 Å². The van der Waals surface area contributed by atoms with Crippen molar-refractivity contribution >= 4 is 17.2 Å². The molecule has 22 heavy (non-hydrogen) atoms. The van der Waals surface area contributed by atoms with Gasteiger partial charge in [0, 0.05) is 42.5 Å². The summed E-state index contributed by atoms with van der Waals surface area (Å²) in [6.07, 6.45) is 0.187. The van der Waals surface area contributed by atoms with Gasteiger partial charge in [0.2, 0.25) is 5.91 Å². The van der Waals surface area contributed by atoms with E-state index in [0.29, 0.717) is 13.0 Å². The predicted molar refractivity (Wildman–Crippen MR) is 91.2 cm³/mol. The lowest BCUT2D eigenvalue weighted by Crippen LogP contribution is -2.52. The third-order valence-corrected chi connectivity index (χ3v) is 5.28. The number of carbonyl (C=O) groups is 1. The second-order valence-corrected chi connectivity index (χ2v) is 8.62. The summed E-state index contributed by atoms with van der Waals surface area (Å²) in [5, 5.41) is 10.2. The van der Waals surface area contributed by atoms with E-state index in [1.54, 1.807) is 11.3 Å². The Hall–Kier alpha value is -0.910. The lowest BCUT2D eigenvalue weighted by atomic mass is 9.89. The number of aliphatic hydroxyl groups excluding tert-OH is 1. The van der Waals surface area contributed by atoms with E-state index in [4.69, 9.17) is 0 Å². The highest BCUT2D eigenvalue weighted by atomic mass is 32.1. The molecule has 5 heteroatoms. The fourth-order valence-corrected chi connectivity index (χ4v) is 3.42. The molecule has 1 N–H and O–H groups in total. The van der Waals surface area contributed by atoms with Crippen LogP contribution in [0.3, 0.4) is 0 Å². The number of β-amino-alcohol motifs (C(OH)–C–C–N with tert-alkyl or cyclic N) is 1. The first-order valence-electron chi connectivity index (χ1n) is 7.99. The highest BCUT2D eigenvalue weighted by Crippen LogP contribution is 2.21. The van der Waals surface area contributed by atoms with E-state index >= 15 is 0 Å². The SMILES string of the molecule is Cc1ccc(CC(=O)N2CCN(C[C@H](O)C(C)(C)C)CC2)s1. The van der Waals surface area contributed by atoms with Crippen molar-refractivity contribution in [3.63, 3.8) is 0 Å². The highest BCUT2D eigenvalue weighted by molar-refractivity contribution is 7.12. The van der Waals surface area contributed by atoms with Crippen molar-refractivity contribution in [1.29, 1.82) is 0 Å². The zero-order valence-corrected chi connectivity index (χ0v) is 14.9. The zero-order valence-electron chi connectivity index (χ0n) is 14.1. The molecule has 1 aromatic rings. The first-order chi connectivity index (χ1) is 10.3. The Morgan fingerprint density at radius 3 is 2.41 bits per heavy atom. The average Bonchev–Trinajstić information content (AvgIpc) is 2.83. The number of piperazine rings is 1. The number of aryl methyl sites for hydroxylation is 1. The van der Waals surface area contributed by atoms with Gasteiger partial charge in [0.05, 0.1) is 12.5 Å². The minimum atomic E-state index is -0.330. The Morgan fingerprint density at radius 2 is 1.91 bits per heavy atom. The highest BCUT2D eigenvalue weighted by Gasteiger charge is 2.27. The van der Waals surface area contributed by atoms with Crippen LogP contribution in [0.2, 0.25) is 0 Å². The molecule has 1 aliphatic heterocycles. The van der Waals surface area contributed by atoms with Gasteiger partial charge in [-0.2, -0.15) is 0 Å². The molecule has 1 saturated heterocycles. The molecule has 1 aromatic heterocycles. The minimum absolute atomic E-state index is 0.0933. The number of amides is 1. The molecule has 0 aromatic carbocycles. The number of carbonyl (C=O) groups excluding carboxylic acids is 1. The number of rotatable bonds is 4. The third kappa shape index (κ3) is 4.80. The van der Waals surface area contributed by atoms with Gasteiger partial charge in [-0.1, -0.05) is 20.8 Å². The standard InChI is InChI=1S/C17H28N2O2S/c1-13-5-6-14(22-13)11-16(21)19-9-7-18(8-10-19)12-15(20)17(2,3)4/h5-6,15,20H,7-12H2,1-4H3/t15-/m0/s1. The molecule has 124 valence electrons. The second kappa shape index (κ2) is 7.11. The summed E-state index contributed by atoms with van der Waals surface area (Å²) in [6.45, 7) is 12.2. The van der Waals surface area contributed by atoms with Crippen molar-refractivity contribution in [2.45, 2.75) is 40.2 Å². The maximum atomic E-state index is 12.3. The Bertz CT molecular complexity index is 499.